The third kappa shape index (κ3) is 3.95. The maximum absolute atomic E-state index is 13.0. The van der Waals surface area contributed by atoms with Crippen LogP contribution in [0.1, 0.15) is 22.8 Å². The quantitative estimate of drug-likeness (QED) is 0.697. The molecule has 0 radical (unpaired) electrons. The molecular formula is C22H29N7O. The molecule has 4 rings (SSSR count). The van der Waals surface area contributed by atoms with Crippen LogP contribution in [0.3, 0.4) is 0 Å². The molecule has 2 N–H and O–H groups in total. The number of benzene rings is 1. The predicted molar refractivity (Wildman–Crippen MR) is 120 cm³/mol. The Bertz CT molecular complexity index is 1030. The first-order valence-electron chi connectivity index (χ1n) is 10.4. The average molecular weight is 408 g/mol. The van der Waals surface area contributed by atoms with Crippen molar-refractivity contribution < 1.29 is 4.79 Å². The van der Waals surface area contributed by atoms with Crippen LogP contribution in [0.15, 0.2) is 36.5 Å². The van der Waals surface area contributed by atoms with Gasteiger partial charge in [-0.25, -0.2) is 9.97 Å². The summed E-state index contributed by atoms with van der Waals surface area (Å²) in [6, 6.07) is 9.84. The molecule has 0 atom stereocenters. The average Bonchev–Trinajstić information content (AvgIpc) is 3.07. The van der Waals surface area contributed by atoms with Gasteiger partial charge in [0.15, 0.2) is 0 Å². The number of hydrogen-bond donors (Lipinski definition) is 1. The molecule has 1 amide bonds. The zero-order valence-corrected chi connectivity index (χ0v) is 17.9. The van der Waals surface area contributed by atoms with Gasteiger partial charge < -0.3 is 25.0 Å². The fraction of sp³-hybridized carbons (Fsp3) is 0.409. The van der Waals surface area contributed by atoms with E-state index < -0.39 is 0 Å². The Kier molecular flexibility index (Phi) is 5.59. The number of anilines is 2. The number of amides is 1. The van der Waals surface area contributed by atoms with Crippen LogP contribution >= 0.6 is 0 Å². The largest absolute Gasteiger partial charge is 0.369 e. The van der Waals surface area contributed by atoms with E-state index in [1.165, 1.54) is 5.56 Å². The molecular weight excluding hydrogens is 378 g/mol. The summed E-state index contributed by atoms with van der Waals surface area (Å²) in [6.45, 7) is 6.54. The number of fused-ring (bicyclic) bond motifs is 1. The molecule has 2 aromatic heterocycles. The Morgan fingerprint density at radius 3 is 2.53 bits per heavy atom. The summed E-state index contributed by atoms with van der Waals surface area (Å²) in [5, 5.41) is 0. The van der Waals surface area contributed by atoms with Crippen LogP contribution in [-0.2, 0) is 13.1 Å². The zero-order valence-electron chi connectivity index (χ0n) is 17.9. The fourth-order valence-electron chi connectivity index (χ4n) is 4.00. The van der Waals surface area contributed by atoms with Crippen molar-refractivity contribution in [1.82, 2.24) is 24.3 Å². The molecule has 8 nitrogen and oxygen atoms in total. The number of nitrogens with zero attached hydrogens (tertiary/aromatic N) is 6. The number of imidazole rings is 1. The standard InChI is InChI=1S/C22H29N7O/c1-4-29-19-7-6-17(13-18(19)25-22(29)23)21(30)28-11-9-27(10-12-28)20-8-5-16(14-24-20)15-26(2)3/h5-8,13-14H,4,9-12,15H2,1-3H3,(H2,23,25). The topological polar surface area (TPSA) is 83.5 Å². The Morgan fingerprint density at radius 1 is 1.13 bits per heavy atom. The lowest BCUT2D eigenvalue weighted by atomic mass is 10.1. The van der Waals surface area contributed by atoms with Gasteiger partial charge in [-0.15, -0.1) is 0 Å². The molecule has 0 saturated carbocycles. The number of pyridine rings is 1. The molecule has 0 aliphatic carbocycles. The zero-order chi connectivity index (χ0) is 21.3. The van der Waals surface area contributed by atoms with E-state index in [-0.39, 0.29) is 5.91 Å². The molecule has 3 heterocycles. The number of hydrogen-bond acceptors (Lipinski definition) is 6. The number of nitrogen functional groups attached to an aromatic ring is 1. The van der Waals surface area contributed by atoms with Gasteiger partial charge in [-0.1, -0.05) is 6.07 Å². The van der Waals surface area contributed by atoms with Gasteiger partial charge in [0.25, 0.3) is 5.91 Å². The molecule has 0 unspecified atom stereocenters. The van der Waals surface area contributed by atoms with E-state index >= 15 is 0 Å². The van der Waals surface area contributed by atoms with Gasteiger partial charge in [0.1, 0.15) is 5.82 Å². The van der Waals surface area contributed by atoms with Crippen molar-refractivity contribution in [2.75, 3.05) is 50.9 Å². The van der Waals surface area contributed by atoms with Crippen molar-refractivity contribution in [3.63, 3.8) is 0 Å². The van der Waals surface area contributed by atoms with Crippen LogP contribution in [0.4, 0.5) is 11.8 Å². The highest BCUT2D eigenvalue weighted by Gasteiger charge is 2.23. The van der Waals surface area contributed by atoms with E-state index in [0.29, 0.717) is 24.6 Å². The summed E-state index contributed by atoms with van der Waals surface area (Å²) in [5.74, 6) is 1.48. The highest BCUT2D eigenvalue weighted by molar-refractivity contribution is 5.97. The highest BCUT2D eigenvalue weighted by atomic mass is 16.2. The maximum atomic E-state index is 13.0. The van der Waals surface area contributed by atoms with Crippen molar-refractivity contribution in [3.8, 4) is 0 Å². The predicted octanol–water partition coefficient (Wildman–Crippen LogP) is 2.06. The minimum Gasteiger partial charge on any atom is -0.369 e. The number of aryl methyl sites for hydroxylation is 1. The summed E-state index contributed by atoms with van der Waals surface area (Å²) >= 11 is 0. The lowest BCUT2D eigenvalue weighted by Crippen LogP contribution is -2.49. The number of carbonyl (C=O) groups is 1. The molecule has 1 fully saturated rings. The van der Waals surface area contributed by atoms with Crippen LogP contribution in [-0.4, -0.2) is 70.5 Å². The maximum Gasteiger partial charge on any atom is 0.254 e. The van der Waals surface area contributed by atoms with Gasteiger partial charge in [-0.2, -0.15) is 0 Å². The van der Waals surface area contributed by atoms with Gasteiger partial charge in [-0.05, 0) is 50.8 Å². The molecule has 30 heavy (non-hydrogen) atoms. The van der Waals surface area contributed by atoms with Crippen molar-refractivity contribution in [2.45, 2.75) is 20.0 Å². The van der Waals surface area contributed by atoms with Crippen molar-refractivity contribution in [1.29, 1.82) is 0 Å². The number of rotatable bonds is 5. The van der Waals surface area contributed by atoms with E-state index in [1.54, 1.807) is 0 Å². The van der Waals surface area contributed by atoms with Crippen molar-refractivity contribution in [3.05, 3.63) is 47.7 Å². The number of piperazine rings is 1. The second kappa shape index (κ2) is 8.31. The lowest BCUT2D eigenvalue weighted by molar-refractivity contribution is 0.0746. The normalized spacial score (nSPS) is 14.7. The Balaban J connectivity index is 1.41. The van der Waals surface area contributed by atoms with Crippen molar-refractivity contribution >= 4 is 28.7 Å². The van der Waals surface area contributed by atoms with E-state index in [4.69, 9.17) is 5.73 Å². The SMILES string of the molecule is CCn1c(N)nc2cc(C(=O)N3CCN(c4ccc(CN(C)C)cn4)CC3)ccc21. The van der Waals surface area contributed by atoms with E-state index in [9.17, 15) is 4.79 Å². The fourth-order valence-corrected chi connectivity index (χ4v) is 4.00. The molecule has 0 bridgehead atoms. The minimum absolute atomic E-state index is 0.0375. The molecule has 1 aliphatic rings. The van der Waals surface area contributed by atoms with Gasteiger partial charge in [-0.3, -0.25) is 4.79 Å². The van der Waals surface area contributed by atoms with Crippen LogP contribution in [0.5, 0.6) is 0 Å². The van der Waals surface area contributed by atoms with Gasteiger partial charge >= 0.3 is 0 Å². The first kappa shape index (κ1) is 20.2. The molecule has 1 saturated heterocycles. The summed E-state index contributed by atoms with van der Waals surface area (Å²) in [5.41, 5.74) is 9.55. The smallest absolute Gasteiger partial charge is 0.254 e. The first-order chi connectivity index (χ1) is 14.5. The Morgan fingerprint density at radius 2 is 1.90 bits per heavy atom. The third-order valence-electron chi connectivity index (χ3n) is 5.54. The Labute approximate surface area is 176 Å². The molecule has 8 heteroatoms. The molecule has 0 spiro atoms. The summed E-state index contributed by atoms with van der Waals surface area (Å²) in [4.78, 5) is 28.3. The van der Waals surface area contributed by atoms with Crippen LogP contribution in [0.2, 0.25) is 0 Å². The number of carbonyl (C=O) groups excluding carboxylic acids is 1. The van der Waals surface area contributed by atoms with Crippen LogP contribution < -0.4 is 10.6 Å². The summed E-state index contributed by atoms with van der Waals surface area (Å²) < 4.78 is 1.94. The number of nitrogens with two attached hydrogens (primary N) is 1. The third-order valence-corrected chi connectivity index (χ3v) is 5.54. The van der Waals surface area contributed by atoms with Gasteiger partial charge in [0.05, 0.1) is 11.0 Å². The van der Waals surface area contributed by atoms with E-state index in [1.807, 2.05) is 54.9 Å². The van der Waals surface area contributed by atoms with Crippen LogP contribution in [0.25, 0.3) is 11.0 Å². The van der Waals surface area contributed by atoms with E-state index in [0.717, 1.165) is 43.0 Å². The Hall–Kier alpha value is -3.13. The molecule has 1 aliphatic heterocycles. The van der Waals surface area contributed by atoms with Crippen LogP contribution in [0, 0.1) is 0 Å². The van der Waals surface area contributed by atoms with Gasteiger partial charge in [0, 0.05) is 51.0 Å². The second-order valence-electron chi connectivity index (χ2n) is 7.96. The monoisotopic (exact) mass is 407 g/mol. The molecule has 1 aromatic carbocycles. The first-order valence-corrected chi connectivity index (χ1v) is 10.4. The lowest BCUT2D eigenvalue weighted by Gasteiger charge is -2.35. The molecule has 3 aromatic rings. The molecule has 158 valence electrons. The summed E-state index contributed by atoms with van der Waals surface area (Å²) in [6.07, 6.45) is 1.93. The second-order valence-corrected chi connectivity index (χ2v) is 7.96. The number of aromatic nitrogens is 3. The minimum atomic E-state index is 0.0375. The van der Waals surface area contributed by atoms with Crippen molar-refractivity contribution in [2.24, 2.45) is 0 Å². The highest BCUT2D eigenvalue weighted by Crippen LogP contribution is 2.21. The van der Waals surface area contributed by atoms with E-state index in [2.05, 4.69) is 31.9 Å². The van der Waals surface area contributed by atoms with Gasteiger partial charge in [0.2, 0.25) is 5.95 Å². The summed E-state index contributed by atoms with van der Waals surface area (Å²) in [7, 11) is 4.10.